The molecular weight excluding hydrogens is 467 g/mol. The predicted octanol–water partition coefficient (Wildman–Crippen LogP) is 5.42. The maximum absolute atomic E-state index is 13.6. The predicted molar refractivity (Wildman–Crippen MR) is 121 cm³/mol. The third kappa shape index (κ3) is 6.19. The molecule has 0 aromatic heterocycles. The Morgan fingerprint density at radius 3 is 2.34 bits per heavy atom. The molecule has 2 atom stereocenters. The van der Waals surface area contributed by atoms with Crippen molar-refractivity contribution in [1.82, 2.24) is 10.2 Å². The summed E-state index contributed by atoms with van der Waals surface area (Å²) < 4.78 is 71.5. The van der Waals surface area contributed by atoms with Crippen molar-refractivity contribution in [2.75, 3.05) is 19.7 Å². The fourth-order valence-electron chi connectivity index (χ4n) is 4.96. The Balaban J connectivity index is 1.26. The number of carbonyl (C=O) groups is 1. The number of hydrogen-bond donors (Lipinski definition) is 1. The summed E-state index contributed by atoms with van der Waals surface area (Å²) in [5.41, 5.74) is -1.00. The summed E-state index contributed by atoms with van der Waals surface area (Å²) in [6.07, 6.45) is -1.51. The van der Waals surface area contributed by atoms with Crippen LogP contribution in [0.1, 0.15) is 55.2 Å². The molecule has 2 heterocycles. The van der Waals surface area contributed by atoms with Crippen LogP contribution in [0.4, 0.5) is 22.0 Å². The number of nitrogens with zero attached hydrogens (tertiary/aromatic N) is 1. The lowest BCUT2D eigenvalue weighted by atomic mass is 9.87. The summed E-state index contributed by atoms with van der Waals surface area (Å²) in [5, 5.41) is 2.60. The van der Waals surface area contributed by atoms with E-state index in [9.17, 15) is 26.7 Å². The second kappa shape index (κ2) is 10.2. The van der Waals surface area contributed by atoms with Gasteiger partial charge in [-0.15, -0.1) is 0 Å². The van der Waals surface area contributed by atoms with Gasteiger partial charge in [0.05, 0.1) is 12.2 Å². The van der Waals surface area contributed by atoms with Crippen LogP contribution in [0.25, 0.3) is 0 Å². The van der Waals surface area contributed by atoms with Gasteiger partial charge in [-0.1, -0.05) is 12.1 Å². The van der Waals surface area contributed by atoms with Crippen LogP contribution in [0, 0.1) is 11.6 Å². The molecule has 9 heteroatoms. The van der Waals surface area contributed by atoms with E-state index in [4.69, 9.17) is 4.74 Å². The number of alkyl halides is 3. The average Bonchev–Trinajstić information content (AvgIpc) is 2.83. The fraction of sp³-hybridized carbons (Fsp3) is 0.500. The zero-order valence-electron chi connectivity index (χ0n) is 19.5. The van der Waals surface area contributed by atoms with Crippen molar-refractivity contribution < 1.29 is 31.5 Å². The SMILES string of the molecule is C[C@]1(C(=O)NCc2cc(F)cc(C(F)(F)F)c2)CCC(N2CCC(c3ccc(F)cc3)CC2)CO1. The Kier molecular flexibility index (Phi) is 7.47. The average molecular weight is 497 g/mol. The van der Waals surface area contributed by atoms with Crippen LogP contribution in [0.3, 0.4) is 0 Å². The zero-order valence-corrected chi connectivity index (χ0v) is 19.5. The van der Waals surface area contributed by atoms with Gasteiger partial charge >= 0.3 is 6.18 Å². The number of benzene rings is 2. The van der Waals surface area contributed by atoms with E-state index in [1.54, 1.807) is 6.92 Å². The second-order valence-electron chi connectivity index (χ2n) is 9.62. The third-order valence-electron chi connectivity index (χ3n) is 7.15. The van der Waals surface area contributed by atoms with Gasteiger partial charge in [-0.25, -0.2) is 8.78 Å². The van der Waals surface area contributed by atoms with Crippen LogP contribution in [0.5, 0.6) is 0 Å². The van der Waals surface area contributed by atoms with E-state index in [2.05, 4.69) is 10.2 Å². The lowest BCUT2D eigenvalue weighted by Crippen LogP contribution is -2.54. The molecule has 0 radical (unpaired) electrons. The Morgan fingerprint density at radius 1 is 1.06 bits per heavy atom. The molecule has 0 bridgehead atoms. The number of likely N-dealkylation sites (tertiary alicyclic amines) is 1. The molecule has 35 heavy (non-hydrogen) atoms. The molecule has 190 valence electrons. The molecule has 1 amide bonds. The van der Waals surface area contributed by atoms with Gasteiger partial charge in [-0.3, -0.25) is 9.69 Å². The Hall–Kier alpha value is -2.52. The van der Waals surface area contributed by atoms with Gasteiger partial charge < -0.3 is 10.1 Å². The molecular formula is C26H29F5N2O2. The lowest BCUT2D eigenvalue weighted by molar-refractivity contribution is -0.157. The summed E-state index contributed by atoms with van der Waals surface area (Å²) in [6, 6.07) is 9.10. The normalized spacial score (nSPS) is 24.3. The van der Waals surface area contributed by atoms with Gasteiger partial charge in [-0.2, -0.15) is 13.2 Å². The first kappa shape index (κ1) is 25.6. The van der Waals surface area contributed by atoms with Crippen LogP contribution in [0.15, 0.2) is 42.5 Å². The number of nitrogens with one attached hydrogen (secondary N) is 1. The van der Waals surface area contributed by atoms with Gasteiger partial charge in [-0.05, 0) is 93.1 Å². The van der Waals surface area contributed by atoms with Gasteiger partial charge in [0.1, 0.15) is 17.2 Å². The van der Waals surface area contributed by atoms with E-state index in [0.717, 1.165) is 50.0 Å². The van der Waals surface area contributed by atoms with Gasteiger partial charge in [0.25, 0.3) is 5.91 Å². The third-order valence-corrected chi connectivity index (χ3v) is 7.15. The number of piperidine rings is 1. The van der Waals surface area contributed by atoms with E-state index in [1.807, 2.05) is 12.1 Å². The molecule has 0 spiro atoms. The minimum atomic E-state index is -4.66. The zero-order chi connectivity index (χ0) is 25.2. The van der Waals surface area contributed by atoms with E-state index in [1.165, 1.54) is 12.1 Å². The molecule has 1 unspecified atom stereocenters. The van der Waals surface area contributed by atoms with Crippen LogP contribution >= 0.6 is 0 Å². The fourth-order valence-corrected chi connectivity index (χ4v) is 4.96. The van der Waals surface area contributed by atoms with Crippen LogP contribution in [-0.4, -0.2) is 42.1 Å². The Bertz CT molecular complexity index is 1030. The highest BCUT2D eigenvalue weighted by Gasteiger charge is 2.41. The molecule has 2 saturated heterocycles. The van der Waals surface area contributed by atoms with E-state index < -0.39 is 29.1 Å². The summed E-state index contributed by atoms with van der Waals surface area (Å²) in [7, 11) is 0. The topological polar surface area (TPSA) is 41.6 Å². The monoisotopic (exact) mass is 496 g/mol. The van der Waals surface area contributed by atoms with Gasteiger partial charge in [0.2, 0.25) is 0 Å². The minimum Gasteiger partial charge on any atom is -0.364 e. The standard InChI is InChI=1S/C26H29F5N2O2/c1-25(24(34)32-15-17-12-20(26(29,30)31)14-22(28)13-17)9-6-23(16-35-25)33-10-7-19(8-11-33)18-2-4-21(27)5-3-18/h2-5,12-14,19,23H,6-11,15-16H2,1H3,(H,32,34)/t23?,25-/m1/s1. The van der Waals surface area contributed by atoms with Crippen molar-refractivity contribution in [3.8, 4) is 0 Å². The van der Waals surface area contributed by atoms with Crippen molar-refractivity contribution in [1.29, 1.82) is 0 Å². The summed E-state index contributed by atoms with van der Waals surface area (Å²) in [4.78, 5) is 15.1. The number of rotatable bonds is 5. The van der Waals surface area contributed by atoms with Crippen molar-refractivity contribution in [2.24, 2.45) is 0 Å². The molecule has 0 saturated carbocycles. The van der Waals surface area contributed by atoms with Crippen molar-refractivity contribution in [3.05, 3.63) is 70.8 Å². The van der Waals surface area contributed by atoms with Crippen molar-refractivity contribution in [2.45, 2.75) is 62.9 Å². The highest BCUT2D eigenvalue weighted by molar-refractivity contribution is 5.84. The highest BCUT2D eigenvalue weighted by Crippen LogP contribution is 2.33. The number of amides is 1. The first-order valence-electron chi connectivity index (χ1n) is 11.8. The van der Waals surface area contributed by atoms with Crippen molar-refractivity contribution in [3.63, 3.8) is 0 Å². The summed E-state index contributed by atoms with van der Waals surface area (Å²) in [5.74, 6) is -1.27. The maximum Gasteiger partial charge on any atom is 0.416 e. The molecule has 2 aliphatic heterocycles. The maximum atomic E-state index is 13.6. The smallest absolute Gasteiger partial charge is 0.364 e. The summed E-state index contributed by atoms with van der Waals surface area (Å²) >= 11 is 0. The summed E-state index contributed by atoms with van der Waals surface area (Å²) in [6.45, 7) is 3.61. The van der Waals surface area contributed by atoms with Crippen LogP contribution in [-0.2, 0) is 22.3 Å². The van der Waals surface area contributed by atoms with Crippen LogP contribution in [0.2, 0.25) is 0 Å². The first-order valence-corrected chi connectivity index (χ1v) is 11.8. The number of carbonyl (C=O) groups excluding carboxylic acids is 1. The van der Waals surface area contributed by atoms with E-state index in [0.29, 0.717) is 25.0 Å². The van der Waals surface area contributed by atoms with E-state index in [-0.39, 0.29) is 24.0 Å². The molecule has 2 aromatic rings. The molecule has 0 aliphatic carbocycles. The van der Waals surface area contributed by atoms with Gasteiger partial charge in [0, 0.05) is 12.6 Å². The van der Waals surface area contributed by atoms with E-state index >= 15 is 0 Å². The Morgan fingerprint density at radius 2 is 1.74 bits per heavy atom. The number of halogens is 5. The molecule has 4 nitrogen and oxygen atoms in total. The number of ether oxygens (including phenoxy) is 1. The molecule has 1 N–H and O–H groups in total. The molecule has 2 aliphatic rings. The molecule has 4 rings (SSSR count). The van der Waals surface area contributed by atoms with Crippen LogP contribution < -0.4 is 5.32 Å². The van der Waals surface area contributed by atoms with Gasteiger partial charge in [0.15, 0.2) is 0 Å². The molecule has 2 fully saturated rings. The second-order valence-corrected chi connectivity index (χ2v) is 9.62. The quantitative estimate of drug-likeness (QED) is 0.563. The number of hydrogen-bond acceptors (Lipinski definition) is 3. The van der Waals surface area contributed by atoms with Crippen molar-refractivity contribution >= 4 is 5.91 Å². The first-order chi connectivity index (χ1) is 16.5. The highest BCUT2D eigenvalue weighted by atomic mass is 19.4. The lowest BCUT2D eigenvalue weighted by Gasteiger charge is -2.43. The largest absolute Gasteiger partial charge is 0.416 e. The Labute approximate surface area is 201 Å². The minimum absolute atomic E-state index is 0.0342. The molecule has 2 aromatic carbocycles.